The highest BCUT2D eigenvalue weighted by molar-refractivity contribution is 7.18. The van der Waals surface area contributed by atoms with Crippen LogP contribution in [0.5, 0.6) is 0 Å². The number of Topliss-reactive ketones (excluding diaryl/α,β-unsaturated/α-hetero) is 1. The number of carbonyl (C=O) groups excluding carboxylic acids is 2. The maximum Gasteiger partial charge on any atom is 0.339 e. The Morgan fingerprint density at radius 2 is 1.93 bits per heavy atom. The second-order valence-electron chi connectivity index (χ2n) is 5.65. The number of fused-ring (bicyclic) bond motifs is 1. The van der Waals surface area contributed by atoms with E-state index < -0.39 is 5.97 Å². The van der Waals surface area contributed by atoms with E-state index in [0.29, 0.717) is 31.4 Å². The third kappa shape index (κ3) is 3.78. The minimum absolute atomic E-state index is 0.280. The number of thiophene rings is 2. The quantitative estimate of drug-likeness (QED) is 0.310. The normalized spacial score (nSPS) is 10.9. The van der Waals surface area contributed by atoms with Crippen molar-refractivity contribution in [3.63, 3.8) is 0 Å². The van der Waals surface area contributed by atoms with E-state index in [0.717, 1.165) is 16.2 Å². The standard InChI is InChI=1S/C20H12ClNO3S2/c21-19-8-7-18(27-19)16(23)11-25-20(24)13-10-15(17-6-3-9-26-17)22-14-5-2-1-4-12(13)14/h1-10H,11H2. The molecule has 0 atom stereocenters. The number of ketones is 1. The number of carbonyl (C=O) groups is 2. The van der Waals surface area contributed by atoms with Crippen LogP contribution in [0.1, 0.15) is 20.0 Å². The summed E-state index contributed by atoms with van der Waals surface area (Å²) >= 11 is 8.55. The van der Waals surface area contributed by atoms with Crippen LogP contribution in [0.25, 0.3) is 21.5 Å². The van der Waals surface area contributed by atoms with Gasteiger partial charge < -0.3 is 4.74 Å². The summed E-state index contributed by atoms with van der Waals surface area (Å²) < 4.78 is 5.80. The van der Waals surface area contributed by atoms with E-state index in [9.17, 15) is 9.59 Å². The van der Waals surface area contributed by atoms with Gasteiger partial charge in [0.15, 0.2) is 6.61 Å². The molecule has 0 amide bonds. The number of hydrogen-bond acceptors (Lipinski definition) is 6. The van der Waals surface area contributed by atoms with Crippen molar-refractivity contribution >= 4 is 56.9 Å². The number of halogens is 1. The summed E-state index contributed by atoms with van der Waals surface area (Å²) in [6, 6.07) is 16.2. The van der Waals surface area contributed by atoms with Gasteiger partial charge in [-0.1, -0.05) is 35.9 Å². The number of pyridine rings is 1. The molecule has 0 aliphatic heterocycles. The topological polar surface area (TPSA) is 56.3 Å². The Morgan fingerprint density at radius 3 is 2.67 bits per heavy atom. The lowest BCUT2D eigenvalue weighted by Gasteiger charge is -2.09. The van der Waals surface area contributed by atoms with Gasteiger partial charge in [0.05, 0.1) is 30.9 Å². The van der Waals surface area contributed by atoms with Crippen molar-refractivity contribution in [2.24, 2.45) is 0 Å². The second-order valence-corrected chi connectivity index (χ2v) is 8.32. The first-order valence-corrected chi connectivity index (χ1v) is 10.1. The van der Waals surface area contributed by atoms with Crippen molar-refractivity contribution in [2.75, 3.05) is 6.61 Å². The predicted molar refractivity (Wildman–Crippen MR) is 109 cm³/mol. The molecule has 4 rings (SSSR count). The molecule has 1 aromatic carbocycles. The Bertz CT molecular complexity index is 1140. The van der Waals surface area contributed by atoms with Crippen molar-refractivity contribution in [1.29, 1.82) is 0 Å². The maximum atomic E-state index is 12.7. The summed E-state index contributed by atoms with van der Waals surface area (Å²) in [6.07, 6.45) is 0. The van der Waals surface area contributed by atoms with Crippen molar-refractivity contribution in [3.05, 3.63) is 74.8 Å². The van der Waals surface area contributed by atoms with Crippen LogP contribution in [0, 0.1) is 0 Å². The average molecular weight is 414 g/mol. The highest BCUT2D eigenvalue weighted by Crippen LogP contribution is 2.28. The van der Waals surface area contributed by atoms with Gasteiger partial charge >= 0.3 is 5.97 Å². The van der Waals surface area contributed by atoms with Crippen LogP contribution in [0.2, 0.25) is 4.34 Å². The first-order valence-electron chi connectivity index (χ1n) is 8.01. The van der Waals surface area contributed by atoms with Gasteiger partial charge in [0.2, 0.25) is 5.78 Å². The average Bonchev–Trinajstić information content (AvgIpc) is 3.37. The van der Waals surface area contributed by atoms with E-state index in [1.807, 2.05) is 41.8 Å². The summed E-state index contributed by atoms with van der Waals surface area (Å²) in [5.41, 5.74) is 1.79. The lowest BCUT2D eigenvalue weighted by atomic mass is 10.1. The van der Waals surface area contributed by atoms with Crippen molar-refractivity contribution in [1.82, 2.24) is 4.98 Å². The zero-order valence-electron chi connectivity index (χ0n) is 13.8. The third-order valence-electron chi connectivity index (χ3n) is 3.89. The Labute approximate surface area is 168 Å². The summed E-state index contributed by atoms with van der Waals surface area (Å²) in [5.74, 6) is -0.834. The molecule has 3 aromatic heterocycles. The van der Waals surface area contributed by atoms with Crippen LogP contribution in [0.4, 0.5) is 0 Å². The molecule has 4 nitrogen and oxygen atoms in total. The van der Waals surface area contributed by atoms with Crippen molar-refractivity contribution in [2.45, 2.75) is 0 Å². The van der Waals surface area contributed by atoms with Crippen LogP contribution >= 0.6 is 34.3 Å². The molecule has 0 saturated heterocycles. The summed E-state index contributed by atoms with van der Waals surface area (Å²) in [7, 11) is 0. The molecular weight excluding hydrogens is 402 g/mol. The minimum atomic E-state index is -0.553. The molecule has 134 valence electrons. The monoisotopic (exact) mass is 413 g/mol. The molecule has 7 heteroatoms. The molecule has 0 fully saturated rings. The summed E-state index contributed by atoms with van der Waals surface area (Å²) in [6.45, 7) is -0.333. The molecule has 0 radical (unpaired) electrons. The van der Waals surface area contributed by atoms with Gasteiger partial charge in [-0.15, -0.1) is 22.7 Å². The van der Waals surface area contributed by atoms with Gasteiger partial charge in [-0.25, -0.2) is 9.78 Å². The van der Waals surface area contributed by atoms with Crippen LogP contribution in [-0.4, -0.2) is 23.3 Å². The van der Waals surface area contributed by atoms with Crippen LogP contribution in [0.3, 0.4) is 0 Å². The highest BCUT2D eigenvalue weighted by Gasteiger charge is 2.18. The molecule has 0 N–H and O–H groups in total. The van der Waals surface area contributed by atoms with E-state index in [1.54, 1.807) is 29.5 Å². The van der Waals surface area contributed by atoms with E-state index in [1.165, 1.54) is 0 Å². The summed E-state index contributed by atoms with van der Waals surface area (Å²) in [4.78, 5) is 30.9. The Morgan fingerprint density at radius 1 is 1.07 bits per heavy atom. The van der Waals surface area contributed by atoms with Crippen LogP contribution < -0.4 is 0 Å². The minimum Gasteiger partial charge on any atom is -0.454 e. The predicted octanol–water partition coefficient (Wildman–Crippen LogP) is 5.72. The van der Waals surface area contributed by atoms with E-state index >= 15 is 0 Å². The molecule has 0 unspecified atom stereocenters. The highest BCUT2D eigenvalue weighted by atomic mass is 35.5. The first kappa shape index (κ1) is 17.9. The number of rotatable bonds is 5. The molecule has 0 aliphatic carbocycles. The molecule has 0 aliphatic rings. The lowest BCUT2D eigenvalue weighted by molar-refractivity contribution is 0.0478. The fourth-order valence-corrected chi connectivity index (χ4v) is 4.29. The third-order valence-corrected chi connectivity index (χ3v) is 6.06. The number of nitrogens with zero attached hydrogens (tertiary/aromatic N) is 1. The zero-order chi connectivity index (χ0) is 18.8. The van der Waals surface area contributed by atoms with Gasteiger partial charge in [0.1, 0.15) is 0 Å². The largest absolute Gasteiger partial charge is 0.454 e. The number of para-hydroxylation sites is 1. The van der Waals surface area contributed by atoms with Crippen molar-refractivity contribution < 1.29 is 14.3 Å². The van der Waals surface area contributed by atoms with Gasteiger partial charge in [-0.3, -0.25) is 4.79 Å². The first-order chi connectivity index (χ1) is 13.1. The molecule has 4 aromatic rings. The Kier molecular flexibility index (Phi) is 5.03. The van der Waals surface area contributed by atoms with Crippen LogP contribution in [-0.2, 0) is 4.74 Å². The number of ether oxygens (including phenoxy) is 1. The smallest absolute Gasteiger partial charge is 0.339 e. The number of benzene rings is 1. The lowest BCUT2D eigenvalue weighted by Crippen LogP contribution is -2.14. The van der Waals surface area contributed by atoms with Crippen molar-refractivity contribution in [3.8, 4) is 10.6 Å². The second kappa shape index (κ2) is 7.60. The van der Waals surface area contributed by atoms with E-state index in [4.69, 9.17) is 16.3 Å². The number of esters is 1. The molecule has 0 saturated carbocycles. The van der Waals surface area contributed by atoms with E-state index in [-0.39, 0.29) is 12.4 Å². The molecular formula is C20H12ClNO3S2. The van der Waals surface area contributed by atoms with Gasteiger partial charge in [0.25, 0.3) is 0 Å². The SMILES string of the molecule is O=C(COC(=O)c1cc(-c2cccs2)nc2ccccc12)c1ccc(Cl)s1. The fraction of sp³-hybridized carbons (Fsp3) is 0.0500. The summed E-state index contributed by atoms with van der Waals surface area (Å²) in [5, 5.41) is 2.64. The fourth-order valence-electron chi connectivity index (χ4n) is 2.64. The Balaban J connectivity index is 1.63. The Hall–Kier alpha value is -2.54. The molecule has 3 heterocycles. The molecule has 0 spiro atoms. The van der Waals surface area contributed by atoms with Gasteiger partial charge in [-0.05, 0) is 35.7 Å². The maximum absolute atomic E-state index is 12.7. The number of aromatic nitrogens is 1. The number of hydrogen-bond donors (Lipinski definition) is 0. The molecule has 27 heavy (non-hydrogen) atoms. The molecule has 0 bridgehead atoms. The van der Waals surface area contributed by atoms with Crippen LogP contribution in [0.15, 0.2) is 60.0 Å². The van der Waals surface area contributed by atoms with Gasteiger partial charge in [0, 0.05) is 5.39 Å². The van der Waals surface area contributed by atoms with Gasteiger partial charge in [-0.2, -0.15) is 0 Å². The zero-order valence-corrected chi connectivity index (χ0v) is 16.2. The van der Waals surface area contributed by atoms with E-state index in [2.05, 4.69) is 4.98 Å².